The van der Waals surface area contributed by atoms with Crippen LogP contribution in [0.3, 0.4) is 0 Å². The van der Waals surface area contributed by atoms with Gasteiger partial charge in [0.2, 0.25) is 0 Å². The molecule has 1 aliphatic carbocycles. The first-order chi connectivity index (χ1) is 8.58. The van der Waals surface area contributed by atoms with E-state index in [4.69, 9.17) is 17.3 Å². The Balaban J connectivity index is 2.25. The summed E-state index contributed by atoms with van der Waals surface area (Å²) in [7, 11) is 2.19. The molecule has 0 heterocycles. The van der Waals surface area contributed by atoms with Crippen LogP contribution in [-0.4, -0.2) is 19.1 Å². The molecule has 0 amide bonds. The van der Waals surface area contributed by atoms with Crippen molar-refractivity contribution < 1.29 is 0 Å². The second-order valence-electron chi connectivity index (χ2n) is 5.50. The van der Waals surface area contributed by atoms with Crippen molar-refractivity contribution in [3.63, 3.8) is 0 Å². The van der Waals surface area contributed by atoms with Crippen molar-refractivity contribution in [3.8, 4) is 0 Å². The molecule has 1 saturated carbocycles. The first kappa shape index (κ1) is 13.7. The SMILES string of the molecule is CC(N)Cc1ccc(Cl)cc1N(C)C1CCCC1. The zero-order valence-corrected chi connectivity index (χ0v) is 12.1. The van der Waals surface area contributed by atoms with Gasteiger partial charge in [-0.15, -0.1) is 0 Å². The van der Waals surface area contributed by atoms with Crippen LogP contribution in [0.4, 0.5) is 5.69 Å². The molecule has 2 N–H and O–H groups in total. The van der Waals surface area contributed by atoms with E-state index in [1.165, 1.54) is 36.9 Å². The van der Waals surface area contributed by atoms with Gasteiger partial charge < -0.3 is 10.6 Å². The van der Waals surface area contributed by atoms with Gasteiger partial charge in [-0.2, -0.15) is 0 Å². The van der Waals surface area contributed by atoms with Crippen LogP contribution in [0.25, 0.3) is 0 Å². The average molecular weight is 267 g/mol. The van der Waals surface area contributed by atoms with Crippen LogP contribution in [0.5, 0.6) is 0 Å². The van der Waals surface area contributed by atoms with Gasteiger partial charge in [0.05, 0.1) is 0 Å². The molecule has 0 radical (unpaired) electrons. The second kappa shape index (κ2) is 5.94. The van der Waals surface area contributed by atoms with Gasteiger partial charge in [0.25, 0.3) is 0 Å². The van der Waals surface area contributed by atoms with Crippen molar-refractivity contribution in [2.75, 3.05) is 11.9 Å². The van der Waals surface area contributed by atoms with Gasteiger partial charge in [0.15, 0.2) is 0 Å². The zero-order chi connectivity index (χ0) is 13.1. The van der Waals surface area contributed by atoms with E-state index in [0.29, 0.717) is 6.04 Å². The molecule has 0 aliphatic heterocycles. The number of nitrogens with zero attached hydrogens (tertiary/aromatic N) is 1. The molecule has 100 valence electrons. The smallest absolute Gasteiger partial charge is 0.0426 e. The van der Waals surface area contributed by atoms with Gasteiger partial charge >= 0.3 is 0 Å². The molecule has 0 spiro atoms. The Labute approximate surface area is 115 Å². The fourth-order valence-electron chi connectivity index (χ4n) is 2.87. The topological polar surface area (TPSA) is 29.3 Å². The Bertz CT molecular complexity index is 397. The lowest BCUT2D eigenvalue weighted by Crippen LogP contribution is -2.30. The molecule has 2 rings (SSSR count). The first-order valence-corrected chi connectivity index (χ1v) is 7.22. The molecule has 18 heavy (non-hydrogen) atoms. The zero-order valence-electron chi connectivity index (χ0n) is 11.3. The molecular formula is C15H23ClN2. The summed E-state index contributed by atoms with van der Waals surface area (Å²) in [5.41, 5.74) is 8.50. The highest BCUT2D eigenvalue weighted by atomic mass is 35.5. The van der Waals surface area contributed by atoms with E-state index in [2.05, 4.69) is 24.1 Å². The van der Waals surface area contributed by atoms with Crippen LogP contribution in [0, 0.1) is 0 Å². The number of benzene rings is 1. The monoisotopic (exact) mass is 266 g/mol. The Morgan fingerprint density at radius 1 is 1.39 bits per heavy atom. The standard InChI is InChI=1S/C15H23ClN2/c1-11(17)9-12-7-8-13(16)10-15(12)18(2)14-5-3-4-6-14/h7-8,10-11,14H,3-6,9,17H2,1-2H3. The first-order valence-electron chi connectivity index (χ1n) is 6.85. The summed E-state index contributed by atoms with van der Waals surface area (Å²) >= 11 is 6.15. The predicted molar refractivity (Wildman–Crippen MR) is 79.5 cm³/mol. The fraction of sp³-hybridized carbons (Fsp3) is 0.600. The van der Waals surface area contributed by atoms with E-state index in [1.54, 1.807) is 0 Å². The molecule has 0 saturated heterocycles. The largest absolute Gasteiger partial charge is 0.371 e. The van der Waals surface area contributed by atoms with Crippen LogP contribution in [0.1, 0.15) is 38.2 Å². The Morgan fingerprint density at radius 2 is 2.06 bits per heavy atom. The van der Waals surface area contributed by atoms with Crippen LogP contribution >= 0.6 is 11.6 Å². The summed E-state index contributed by atoms with van der Waals surface area (Å²) in [6.07, 6.45) is 6.18. The van der Waals surface area contributed by atoms with Gasteiger partial charge in [-0.25, -0.2) is 0 Å². The molecule has 0 aromatic heterocycles. The summed E-state index contributed by atoms with van der Waals surface area (Å²) in [6, 6.07) is 7.01. The Morgan fingerprint density at radius 3 is 2.67 bits per heavy atom. The van der Waals surface area contributed by atoms with E-state index >= 15 is 0 Å². The number of halogens is 1. The minimum absolute atomic E-state index is 0.182. The molecule has 1 aromatic rings. The number of hydrogen-bond acceptors (Lipinski definition) is 2. The quantitative estimate of drug-likeness (QED) is 0.902. The molecule has 1 atom stereocenters. The highest BCUT2D eigenvalue weighted by Crippen LogP contribution is 2.31. The number of nitrogens with two attached hydrogens (primary N) is 1. The van der Waals surface area contributed by atoms with Gasteiger partial charge in [0.1, 0.15) is 0 Å². The molecule has 1 aliphatic rings. The third-order valence-electron chi connectivity index (χ3n) is 3.84. The molecule has 3 heteroatoms. The molecule has 1 aromatic carbocycles. The third-order valence-corrected chi connectivity index (χ3v) is 4.08. The number of anilines is 1. The predicted octanol–water partition coefficient (Wildman–Crippen LogP) is 3.61. The van der Waals surface area contributed by atoms with Gasteiger partial charge in [-0.1, -0.05) is 30.5 Å². The summed E-state index contributed by atoms with van der Waals surface area (Å²) in [4.78, 5) is 2.40. The van der Waals surface area contributed by atoms with Gasteiger partial charge in [0, 0.05) is 29.8 Å². The number of hydrogen-bond donors (Lipinski definition) is 1. The average Bonchev–Trinajstić information content (AvgIpc) is 2.83. The minimum Gasteiger partial charge on any atom is -0.371 e. The highest BCUT2D eigenvalue weighted by molar-refractivity contribution is 6.30. The van der Waals surface area contributed by atoms with Gasteiger partial charge in [-0.3, -0.25) is 0 Å². The summed E-state index contributed by atoms with van der Waals surface area (Å²) < 4.78 is 0. The maximum Gasteiger partial charge on any atom is 0.0426 e. The van der Waals surface area contributed by atoms with E-state index in [1.807, 2.05) is 13.0 Å². The lowest BCUT2D eigenvalue weighted by atomic mass is 10.0. The molecule has 1 unspecified atom stereocenters. The van der Waals surface area contributed by atoms with Crippen LogP contribution in [0.2, 0.25) is 5.02 Å². The Kier molecular flexibility index (Phi) is 4.52. The van der Waals surface area contributed by atoms with Crippen LogP contribution < -0.4 is 10.6 Å². The molecule has 2 nitrogen and oxygen atoms in total. The van der Waals surface area contributed by atoms with E-state index in [0.717, 1.165) is 11.4 Å². The maximum absolute atomic E-state index is 6.15. The normalized spacial score (nSPS) is 18.0. The van der Waals surface area contributed by atoms with Crippen LogP contribution in [0.15, 0.2) is 18.2 Å². The highest BCUT2D eigenvalue weighted by Gasteiger charge is 2.21. The summed E-state index contributed by atoms with van der Waals surface area (Å²) in [5.74, 6) is 0. The van der Waals surface area contributed by atoms with Crippen LogP contribution in [-0.2, 0) is 6.42 Å². The maximum atomic E-state index is 6.15. The number of rotatable bonds is 4. The summed E-state index contributed by atoms with van der Waals surface area (Å²) in [5, 5.41) is 0.809. The molecular weight excluding hydrogens is 244 g/mol. The Hall–Kier alpha value is -0.730. The van der Waals surface area contributed by atoms with Crippen molar-refractivity contribution in [2.24, 2.45) is 5.73 Å². The van der Waals surface area contributed by atoms with Gasteiger partial charge in [-0.05, 0) is 43.9 Å². The molecule has 1 fully saturated rings. The minimum atomic E-state index is 0.182. The third kappa shape index (κ3) is 3.18. The second-order valence-corrected chi connectivity index (χ2v) is 5.94. The lowest BCUT2D eigenvalue weighted by molar-refractivity contribution is 0.646. The van der Waals surface area contributed by atoms with E-state index < -0.39 is 0 Å². The van der Waals surface area contributed by atoms with Crippen molar-refractivity contribution in [3.05, 3.63) is 28.8 Å². The fourth-order valence-corrected chi connectivity index (χ4v) is 3.04. The van der Waals surface area contributed by atoms with Crippen molar-refractivity contribution >= 4 is 17.3 Å². The van der Waals surface area contributed by atoms with E-state index in [-0.39, 0.29) is 6.04 Å². The lowest BCUT2D eigenvalue weighted by Gasteiger charge is -2.29. The summed E-state index contributed by atoms with van der Waals surface area (Å²) in [6.45, 7) is 2.05. The van der Waals surface area contributed by atoms with Crippen molar-refractivity contribution in [1.82, 2.24) is 0 Å². The van der Waals surface area contributed by atoms with Crippen molar-refractivity contribution in [2.45, 2.75) is 51.1 Å². The van der Waals surface area contributed by atoms with E-state index in [9.17, 15) is 0 Å². The molecule has 0 bridgehead atoms. The van der Waals surface area contributed by atoms with Crippen molar-refractivity contribution in [1.29, 1.82) is 0 Å².